The van der Waals surface area contributed by atoms with E-state index in [0.29, 0.717) is 11.7 Å². The van der Waals surface area contributed by atoms with Gasteiger partial charge in [0.25, 0.3) is 0 Å². The SMILES string of the molecule is CC(C)Cc1ccc2[nH]nc(NC(N)=S)c2c1. The molecule has 17 heavy (non-hydrogen) atoms. The average molecular weight is 248 g/mol. The number of nitrogens with two attached hydrogens (primary N) is 1. The summed E-state index contributed by atoms with van der Waals surface area (Å²) in [5.74, 6) is 1.32. The van der Waals surface area contributed by atoms with Crippen LogP contribution in [-0.4, -0.2) is 15.3 Å². The zero-order valence-electron chi connectivity index (χ0n) is 9.95. The Balaban J connectivity index is 2.39. The van der Waals surface area contributed by atoms with Gasteiger partial charge >= 0.3 is 0 Å². The van der Waals surface area contributed by atoms with Crippen LogP contribution in [0.2, 0.25) is 0 Å². The Morgan fingerprint density at radius 3 is 2.94 bits per heavy atom. The minimum atomic E-state index is 0.229. The molecule has 1 aromatic carbocycles. The molecule has 0 amide bonds. The molecule has 0 bridgehead atoms. The molecule has 0 spiro atoms. The molecule has 0 saturated carbocycles. The second-order valence-electron chi connectivity index (χ2n) is 4.54. The number of nitrogens with zero attached hydrogens (tertiary/aromatic N) is 1. The predicted octanol–water partition coefficient (Wildman–Crippen LogP) is 2.42. The zero-order chi connectivity index (χ0) is 12.4. The number of nitrogens with one attached hydrogen (secondary N) is 2. The van der Waals surface area contributed by atoms with Crippen molar-refractivity contribution in [2.24, 2.45) is 11.7 Å². The van der Waals surface area contributed by atoms with Gasteiger partial charge in [-0.2, -0.15) is 5.10 Å². The summed E-state index contributed by atoms with van der Waals surface area (Å²) in [5.41, 5.74) is 7.73. The molecule has 0 fully saturated rings. The van der Waals surface area contributed by atoms with Crippen LogP contribution in [0.4, 0.5) is 5.82 Å². The largest absolute Gasteiger partial charge is 0.376 e. The molecule has 2 aromatic rings. The molecular formula is C12H16N4S. The van der Waals surface area contributed by atoms with Crippen LogP contribution in [0, 0.1) is 5.92 Å². The van der Waals surface area contributed by atoms with E-state index in [1.165, 1.54) is 5.56 Å². The molecule has 5 heteroatoms. The van der Waals surface area contributed by atoms with Crippen molar-refractivity contribution in [2.45, 2.75) is 20.3 Å². The van der Waals surface area contributed by atoms with Crippen LogP contribution in [-0.2, 0) is 6.42 Å². The molecule has 0 atom stereocenters. The van der Waals surface area contributed by atoms with Gasteiger partial charge in [-0.05, 0) is 42.3 Å². The first-order chi connectivity index (χ1) is 8.06. The molecule has 4 N–H and O–H groups in total. The van der Waals surface area contributed by atoms with E-state index in [9.17, 15) is 0 Å². The predicted molar refractivity (Wildman–Crippen MR) is 75.0 cm³/mol. The van der Waals surface area contributed by atoms with Crippen molar-refractivity contribution in [1.29, 1.82) is 0 Å². The first-order valence-corrected chi connectivity index (χ1v) is 6.00. The van der Waals surface area contributed by atoms with Gasteiger partial charge in [0, 0.05) is 5.39 Å². The lowest BCUT2D eigenvalue weighted by molar-refractivity contribution is 0.648. The zero-order valence-corrected chi connectivity index (χ0v) is 10.8. The smallest absolute Gasteiger partial charge is 0.169 e. The molecule has 4 nitrogen and oxygen atoms in total. The minimum Gasteiger partial charge on any atom is -0.376 e. The summed E-state index contributed by atoms with van der Waals surface area (Å²) in [6, 6.07) is 6.27. The number of benzene rings is 1. The fourth-order valence-corrected chi connectivity index (χ4v) is 1.97. The molecular weight excluding hydrogens is 232 g/mol. The number of H-pyrrole nitrogens is 1. The van der Waals surface area contributed by atoms with Gasteiger partial charge in [-0.25, -0.2) is 0 Å². The molecule has 0 unspecified atom stereocenters. The van der Waals surface area contributed by atoms with Crippen LogP contribution in [0.1, 0.15) is 19.4 Å². The van der Waals surface area contributed by atoms with E-state index in [4.69, 9.17) is 18.0 Å². The highest BCUT2D eigenvalue weighted by atomic mass is 32.1. The van der Waals surface area contributed by atoms with Crippen molar-refractivity contribution in [3.63, 3.8) is 0 Å². The average Bonchev–Trinajstić information content (AvgIpc) is 2.59. The van der Waals surface area contributed by atoms with Gasteiger partial charge < -0.3 is 11.1 Å². The topological polar surface area (TPSA) is 66.7 Å². The standard InChI is InChI=1S/C12H16N4S/c1-7(2)5-8-3-4-10-9(6-8)11(16-15-10)14-12(13)17/h3-4,6-7H,5H2,1-2H3,(H4,13,14,15,16,17). The summed E-state index contributed by atoms with van der Waals surface area (Å²) in [6.45, 7) is 4.40. The molecule has 0 radical (unpaired) electrons. The lowest BCUT2D eigenvalue weighted by Gasteiger charge is -2.05. The molecule has 0 saturated heterocycles. The van der Waals surface area contributed by atoms with Crippen molar-refractivity contribution in [1.82, 2.24) is 10.2 Å². The van der Waals surface area contributed by atoms with Gasteiger partial charge in [-0.15, -0.1) is 0 Å². The first kappa shape index (κ1) is 11.9. The van der Waals surface area contributed by atoms with Crippen molar-refractivity contribution < 1.29 is 0 Å². The summed E-state index contributed by atoms with van der Waals surface area (Å²) in [7, 11) is 0. The van der Waals surface area contributed by atoms with Gasteiger partial charge in [0.15, 0.2) is 10.9 Å². The summed E-state index contributed by atoms with van der Waals surface area (Å²) in [6.07, 6.45) is 1.05. The monoisotopic (exact) mass is 248 g/mol. The van der Waals surface area contributed by atoms with E-state index in [-0.39, 0.29) is 5.11 Å². The van der Waals surface area contributed by atoms with Crippen LogP contribution >= 0.6 is 12.2 Å². The Kier molecular flexibility index (Phi) is 3.28. The Hall–Kier alpha value is -1.62. The van der Waals surface area contributed by atoms with E-state index in [0.717, 1.165) is 17.3 Å². The van der Waals surface area contributed by atoms with Crippen LogP contribution < -0.4 is 11.1 Å². The summed E-state index contributed by atoms with van der Waals surface area (Å²) >= 11 is 4.82. The highest BCUT2D eigenvalue weighted by molar-refractivity contribution is 7.80. The lowest BCUT2D eigenvalue weighted by Crippen LogP contribution is -2.19. The Morgan fingerprint density at radius 1 is 1.53 bits per heavy atom. The number of aromatic nitrogens is 2. The van der Waals surface area contributed by atoms with E-state index in [1.807, 2.05) is 6.07 Å². The second kappa shape index (κ2) is 4.71. The third-order valence-corrected chi connectivity index (χ3v) is 2.61. The maximum Gasteiger partial charge on any atom is 0.169 e. The minimum absolute atomic E-state index is 0.229. The van der Waals surface area contributed by atoms with Gasteiger partial charge in [0.2, 0.25) is 0 Å². The van der Waals surface area contributed by atoms with Crippen LogP contribution in [0.3, 0.4) is 0 Å². The molecule has 1 heterocycles. The highest BCUT2D eigenvalue weighted by Gasteiger charge is 2.07. The number of anilines is 1. The number of thiocarbonyl (C=S) groups is 1. The van der Waals surface area contributed by atoms with Gasteiger partial charge in [-0.3, -0.25) is 5.10 Å². The third-order valence-electron chi connectivity index (χ3n) is 2.51. The molecule has 1 aromatic heterocycles. The van der Waals surface area contributed by atoms with E-state index in [2.05, 4.69) is 41.5 Å². The lowest BCUT2D eigenvalue weighted by atomic mass is 10.0. The normalized spacial score (nSPS) is 11.0. The molecule has 2 rings (SSSR count). The maximum atomic E-state index is 5.46. The first-order valence-electron chi connectivity index (χ1n) is 5.59. The number of hydrogen-bond donors (Lipinski definition) is 3. The fourth-order valence-electron chi connectivity index (χ4n) is 1.87. The van der Waals surface area contributed by atoms with Gasteiger partial charge in [0.1, 0.15) is 0 Å². The summed E-state index contributed by atoms with van der Waals surface area (Å²) in [5, 5.41) is 11.2. The molecule has 0 aliphatic heterocycles. The van der Waals surface area contributed by atoms with Crippen molar-refractivity contribution >= 4 is 34.1 Å². The number of aromatic amines is 1. The molecule has 0 aliphatic rings. The molecule has 0 aliphatic carbocycles. The van der Waals surface area contributed by atoms with Crippen molar-refractivity contribution in [2.75, 3.05) is 5.32 Å². The van der Waals surface area contributed by atoms with E-state index < -0.39 is 0 Å². The number of rotatable bonds is 3. The summed E-state index contributed by atoms with van der Waals surface area (Å²) < 4.78 is 0. The van der Waals surface area contributed by atoms with E-state index >= 15 is 0 Å². The summed E-state index contributed by atoms with van der Waals surface area (Å²) in [4.78, 5) is 0. The highest BCUT2D eigenvalue weighted by Crippen LogP contribution is 2.22. The fraction of sp³-hybridized carbons (Fsp3) is 0.333. The van der Waals surface area contributed by atoms with Crippen LogP contribution in [0.15, 0.2) is 18.2 Å². The quantitative estimate of drug-likeness (QED) is 0.730. The molecule has 90 valence electrons. The van der Waals surface area contributed by atoms with Gasteiger partial charge in [0.05, 0.1) is 5.52 Å². The van der Waals surface area contributed by atoms with Crippen molar-refractivity contribution in [3.05, 3.63) is 23.8 Å². The van der Waals surface area contributed by atoms with Crippen molar-refractivity contribution in [3.8, 4) is 0 Å². The second-order valence-corrected chi connectivity index (χ2v) is 4.98. The maximum absolute atomic E-state index is 5.46. The number of hydrogen-bond acceptors (Lipinski definition) is 2. The van der Waals surface area contributed by atoms with Crippen LogP contribution in [0.25, 0.3) is 10.9 Å². The van der Waals surface area contributed by atoms with E-state index in [1.54, 1.807) is 0 Å². The number of fused-ring (bicyclic) bond motifs is 1. The Labute approximate surface area is 106 Å². The Morgan fingerprint density at radius 2 is 2.29 bits per heavy atom. The third kappa shape index (κ3) is 2.74. The Bertz CT molecular complexity index is 544. The van der Waals surface area contributed by atoms with Crippen LogP contribution in [0.5, 0.6) is 0 Å². The van der Waals surface area contributed by atoms with Gasteiger partial charge in [-0.1, -0.05) is 19.9 Å².